The van der Waals surface area contributed by atoms with Crippen molar-refractivity contribution in [2.75, 3.05) is 13.1 Å². The predicted octanol–water partition coefficient (Wildman–Crippen LogP) is 2.20. The van der Waals surface area contributed by atoms with Crippen molar-refractivity contribution < 1.29 is 14.3 Å². The van der Waals surface area contributed by atoms with Crippen molar-refractivity contribution in [3.8, 4) is 5.88 Å². The number of ether oxygens (including phenoxy) is 1. The summed E-state index contributed by atoms with van der Waals surface area (Å²) in [6.07, 6.45) is 8.56. The van der Waals surface area contributed by atoms with Gasteiger partial charge in [0, 0.05) is 37.8 Å². The maximum Gasteiger partial charge on any atom is 0.317 e. The van der Waals surface area contributed by atoms with Crippen LogP contribution >= 0.6 is 0 Å². The highest BCUT2D eigenvalue weighted by Gasteiger charge is 2.24. The molecule has 1 saturated heterocycles. The lowest BCUT2D eigenvalue weighted by molar-refractivity contribution is -0.119. The summed E-state index contributed by atoms with van der Waals surface area (Å²) in [5.74, 6) is 0.653. The molecule has 26 heavy (non-hydrogen) atoms. The Hall–Kier alpha value is -2.31. The number of amides is 3. The number of nitrogens with two attached hydrogens (primary N) is 1. The van der Waals surface area contributed by atoms with E-state index in [1.54, 1.807) is 11.1 Å². The number of likely N-dealkylation sites (tertiary alicyclic amines) is 1. The van der Waals surface area contributed by atoms with Gasteiger partial charge in [-0.3, -0.25) is 4.79 Å². The predicted molar refractivity (Wildman–Crippen MR) is 97.5 cm³/mol. The molecule has 2 heterocycles. The standard InChI is InChI=1S/C19H28N4O3/c20-17(24)12-14-7-10-23(11-8-14)19(25)22-13-15-4-3-9-21-18(15)26-16-5-1-2-6-16/h3-4,9,14,16H,1-2,5-8,10-13H2,(H2,20,24)(H,22,25). The van der Waals surface area contributed by atoms with Gasteiger partial charge in [0.1, 0.15) is 6.10 Å². The molecule has 0 radical (unpaired) electrons. The summed E-state index contributed by atoms with van der Waals surface area (Å²) < 4.78 is 6.02. The Labute approximate surface area is 154 Å². The zero-order valence-corrected chi connectivity index (χ0v) is 15.2. The van der Waals surface area contributed by atoms with Gasteiger partial charge >= 0.3 is 6.03 Å². The molecule has 0 bridgehead atoms. The van der Waals surface area contributed by atoms with Crippen LogP contribution in [-0.4, -0.2) is 41.0 Å². The van der Waals surface area contributed by atoms with Gasteiger partial charge in [0.2, 0.25) is 11.8 Å². The lowest BCUT2D eigenvalue weighted by Gasteiger charge is -2.31. The maximum absolute atomic E-state index is 12.4. The second-order valence-corrected chi connectivity index (χ2v) is 7.25. The van der Waals surface area contributed by atoms with Crippen molar-refractivity contribution in [3.63, 3.8) is 0 Å². The van der Waals surface area contributed by atoms with Crippen molar-refractivity contribution in [3.05, 3.63) is 23.9 Å². The average molecular weight is 360 g/mol. The summed E-state index contributed by atoms with van der Waals surface area (Å²) >= 11 is 0. The molecular formula is C19H28N4O3. The Kier molecular flexibility index (Phi) is 6.30. The molecule has 0 spiro atoms. The van der Waals surface area contributed by atoms with E-state index in [1.807, 2.05) is 12.1 Å². The number of carbonyl (C=O) groups is 2. The number of primary amides is 1. The third-order valence-electron chi connectivity index (χ3n) is 5.25. The van der Waals surface area contributed by atoms with E-state index in [0.29, 0.717) is 37.9 Å². The third kappa shape index (κ3) is 5.09. The van der Waals surface area contributed by atoms with E-state index in [-0.39, 0.29) is 18.0 Å². The van der Waals surface area contributed by atoms with Crippen LogP contribution in [0, 0.1) is 5.92 Å². The number of aromatic nitrogens is 1. The number of nitrogens with one attached hydrogen (secondary N) is 1. The first-order valence-electron chi connectivity index (χ1n) is 9.53. The first-order chi connectivity index (χ1) is 12.6. The highest BCUT2D eigenvalue weighted by atomic mass is 16.5. The quantitative estimate of drug-likeness (QED) is 0.812. The van der Waals surface area contributed by atoms with Gasteiger partial charge in [-0.1, -0.05) is 6.07 Å². The summed E-state index contributed by atoms with van der Waals surface area (Å²) in [5.41, 5.74) is 6.15. The summed E-state index contributed by atoms with van der Waals surface area (Å²) in [5, 5.41) is 2.96. The van der Waals surface area contributed by atoms with Gasteiger partial charge < -0.3 is 20.7 Å². The minimum absolute atomic E-state index is 0.0850. The molecule has 0 atom stereocenters. The molecule has 0 aromatic carbocycles. The van der Waals surface area contributed by atoms with Crippen LogP contribution in [0.5, 0.6) is 5.88 Å². The monoisotopic (exact) mass is 360 g/mol. The fourth-order valence-electron chi connectivity index (χ4n) is 3.74. The largest absolute Gasteiger partial charge is 0.474 e. The second kappa shape index (κ2) is 8.87. The molecular weight excluding hydrogens is 332 g/mol. The Balaban J connectivity index is 1.48. The van der Waals surface area contributed by atoms with E-state index in [2.05, 4.69) is 10.3 Å². The zero-order valence-electron chi connectivity index (χ0n) is 15.2. The summed E-state index contributed by atoms with van der Waals surface area (Å²) in [4.78, 5) is 29.6. The van der Waals surface area contributed by atoms with E-state index >= 15 is 0 Å². The second-order valence-electron chi connectivity index (χ2n) is 7.25. The minimum atomic E-state index is -0.265. The van der Waals surface area contributed by atoms with E-state index in [1.165, 1.54) is 12.8 Å². The lowest BCUT2D eigenvalue weighted by Crippen LogP contribution is -2.44. The summed E-state index contributed by atoms with van der Waals surface area (Å²) in [6, 6.07) is 3.72. The van der Waals surface area contributed by atoms with Crippen molar-refractivity contribution in [2.24, 2.45) is 11.7 Å². The van der Waals surface area contributed by atoms with Crippen molar-refractivity contribution >= 4 is 11.9 Å². The van der Waals surface area contributed by atoms with Crippen LogP contribution in [0.2, 0.25) is 0 Å². The highest BCUT2D eigenvalue weighted by Crippen LogP contribution is 2.25. The van der Waals surface area contributed by atoms with E-state index < -0.39 is 0 Å². The number of nitrogens with zero attached hydrogens (tertiary/aromatic N) is 2. The first kappa shape index (κ1) is 18.5. The van der Waals surface area contributed by atoms with Gasteiger partial charge in [-0.25, -0.2) is 9.78 Å². The SMILES string of the molecule is NC(=O)CC1CCN(C(=O)NCc2cccnc2OC2CCCC2)CC1. The van der Waals surface area contributed by atoms with Crippen LogP contribution < -0.4 is 15.8 Å². The zero-order chi connectivity index (χ0) is 18.4. The molecule has 1 aliphatic heterocycles. The number of piperidine rings is 1. The smallest absolute Gasteiger partial charge is 0.317 e. The Bertz CT molecular complexity index is 623. The van der Waals surface area contributed by atoms with Crippen molar-refractivity contribution in [2.45, 2.75) is 57.6 Å². The Morgan fingerprint density at radius 1 is 1.23 bits per heavy atom. The molecule has 1 aromatic heterocycles. The van der Waals surface area contributed by atoms with Gasteiger partial charge in [-0.2, -0.15) is 0 Å². The van der Waals surface area contributed by atoms with Crippen LogP contribution in [0.25, 0.3) is 0 Å². The molecule has 142 valence electrons. The number of urea groups is 1. The van der Waals surface area contributed by atoms with E-state index in [0.717, 1.165) is 31.2 Å². The number of pyridine rings is 1. The fourth-order valence-corrected chi connectivity index (χ4v) is 3.74. The van der Waals surface area contributed by atoms with Crippen molar-refractivity contribution in [1.82, 2.24) is 15.2 Å². The lowest BCUT2D eigenvalue weighted by atomic mass is 9.93. The van der Waals surface area contributed by atoms with Gasteiger partial charge in [-0.05, 0) is 50.5 Å². The number of carbonyl (C=O) groups excluding carboxylic acids is 2. The fraction of sp³-hybridized carbons (Fsp3) is 0.632. The normalized spacial score (nSPS) is 18.7. The molecule has 2 fully saturated rings. The number of rotatable bonds is 6. The first-order valence-corrected chi connectivity index (χ1v) is 9.53. The summed E-state index contributed by atoms with van der Waals surface area (Å²) in [7, 11) is 0. The highest BCUT2D eigenvalue weighted by molar-refractivity contribution is 5.75. The Morgan fingerprint density at radius 2 is 1.96 bits per heavy atom. The van der Waals surface area contributed by atoms with Crippen LogP contribution in [0.15, 0.2) is 18.3 Å². The minimum Gasteiger partial charge on any atom is -0.474 e. The van der Waals surface area contributed by atoms with Gasteiger partial charge in [0.05, 0.1) is 0 Å². The van der Waals surface area contributed by atoms with Crippen LogP contribution in [0.1, 0.15) is 50.5 Å². The number of hydrogen-bond acceptors (Lipinski definition) is 4. The van der Waals surface area contributed by atoms with Gasteiger partial charge in [-0.15, -0.1) is 0 Å². The van der Waals surface area contributed by atoms with E-state index in [4.69, 9.17) is 10.5 Å². The van der Waals surface area contributed by atoms with Crippen LogP contribution in [0.3, 0.4) is 0 Å². The number of hydrogen-bond donors (Lipinski definition) is 2. The molecule has 3 rings (SSSR count). The molecule has 1 saturated carbocycles. The molecule has 2 aliphatic rings. The van der Waals surface area contributed by atoms with Crippen LogP contribution in [0.4, 0.5) is 4.79 Å². The maximum atomic E-state index is 12.4. The molecule has 7 heteroatoms. The molecule has 1 aromatic rings. The average Bonchev–Trinajstić information content (AvgIpc) is 3.14. The molecule has 0 unspecified atom stereocenters. The third-order valence-corrected chi connectivity index (χ3v) is 5.25. The van der Waals surface area contributed by atoms with Gasteiger partial charge in [0.25, 0.3) is 0 Å². The summed E-state index contributed by atoms with van der Waals surface area (Å²) in [6.45, 7) is 1.71. The van der Waals surface area contributed by atoms with Crippen LogP contribution in [-0.2, 0) is 11.3 Å². The topological polar surface area (TPSA) is 97.6 Å². The molecule has 1 aliphatic carbocycles. The van der Waals surface area contributed by atoms with Crippen molar-refractivity contribution in [1.29, 1.82) is 0 Å². The molecule has 7 nitrogen and oxygen atoms in total. The molecule has 3 amide bonds. The molecule has 3 N–H and O–H groups in total. The Morgan fingerprint density at radius 3 is 2.65 bits per heavy atom. The van der Waals surface area contributed by atoms with E-state index in [9.17, 15) is 9.59 Å². The van der Waals surface area contributed by atoms with Gasteiger partial charge in [0.15, 0.2) is 0 Å².